The largest absolute Gasteiger partial charge is 0.393 e. The number of amides is 1. The zero-order valence-electron chi connectivity index (χ0n) is 19.1. The summed E-state index contributed by atoms with van der Waals surface area (Å²) in [7, 11) is 0. The lowest BCUT2D eigenvalue weighted by molar-refractivity contribution is -0.182. The minimum absolute atomic E-state index is 0.0865. The molecule has 1 aromatic rings. The predicted octanol–water partition coefficient (Wildman–Crippen LogP) is 3.54. The molecule has 3 N–H and O–H groups in total. The summed E-state index contributed by atoms with van der Waals surface area (Å²) in [5.74, 6) is 0.428. The van der Waals surface area contributed by atoms with E-state index in [0.717, 1.165) is 31.2 Å². The molecular weight excluding hydrogens is 402 g/mol. The standard InChI is InChI=1S/C27H35NO4/c1-25-12-10-19(29)14-18(25)8-9-20-21-11-13-27(32,26(21,2)15-22(30)23(20)25)24(31)28-16-17-6-4-3-5-7-17/h3-7,14,20-23,30,32H,8-13,15-16H2,1-2H3,(H,28,31)/t20?,21?,22?,23?,25?,26?,27-/m0/s1. The second-order valence-corrected chi connectivity index (χ2v) is 11.1. The normalized spacial score (nSPS) is 43.0. The van der Waals surface area contributed by atoms with Gasteiger partial charge in [-0.2, -0.15) is 0 Å². The predicted molar refractivity (Wildman–Crippen MR) is 121 cm³/mol. The van der Waals surface area contributed by atoms with Crippen LogP contribution in [0.4, 0.5) is 0 Å². The summed E-state index contributed by atoms with van der Waals surface area (Å²) in [6.07, 6.45) is 6.03. The number of aliphatic hydroxyl groups is 2. The molecule has 0 radical (unpaired) electrons. The molecule has 1 amide bonds. The van der Waals surface area contributed by atoms with Crippen LogP contribution in [-0.4, -0.2) is 33.6 Å². The highest BCUT2D eigenvalue weighted by molar-refractivity contribution is 5.91. The monoisotopic (exact) mass is 437 g/mol. The summed E-state index contributed by atoms with van der Waals surface area (Å²) in [6.45, 7) is 4.63. The van der Waals surface area contributed by atoms with Crippen molar-refractivity contribution >= 4 is 11.7 Å². The van der Waals surface area contributed by atoms with E-state index in [0.29, 0.717) is 25.8 Å². The van der Waals surface area contributed by atoms with E-state index in [1.165, 1.54) is 5.57 Å². The van der Waals surface area contributed by atoms with Crippen molar-refractivity contribution in [3.05, 3.63) is 47.5 Å². The van der Waals surface area contributed by atoms with Crippen molar-refractivity contribution in [2.45, 2.75) is 77.0 Å². The number of benzene rings is 1. The number of rotatable bonds is 3. The molecule has 32 heavy (non-hydrogen) atoms. The van der Waals surface area contributed by atoms with Gasteiger partial charge in [-0.3, -0.25) is 9.59 Å². The van der Waals surface area contributed by atoms with Crippen LogP contribution in [0, 0.1) is 28.6 Å². The Kier molecular flexibility index (Phi) is 5.14. The van der Waals surface area contributed by atoms with E-state index in [1.54, 1.807) is 0 Å². The molecule has 4 aliphatic rings. The van der Waals surface area contributed by atoms with Gasteiger partial charge in [-0.25, -0.2) is 0 Å². The quantitative estimate of drug-likeness (QED) is 0.675. The Bertz CT molecular complexity index is 958. The topological polar surface area (TPSA) is 86.6 Å². The number of aliphatic hydroxyl groups excluding tert-OH is 1. The third kappa shape index (κ3) is 3.04. The van der Waals surface area contributed by atoms with E-state index in [9.17, 15) is 19.8 Å². The number of fused-ring (bicyclic) bond motifs is 5. The molecule has 3 saturated carbocycles. The fraction of sp³-hybridized carbons (Fsp3) is 0.630. The maximum absolute atomic E-state index is 13.3. The molecule has 0 saturated heterocycles. The molecule has 0 aromatic heterocycles. The minimum atomic E-state index is -1.47. The molecule has 1 aromatic carbocycles. The maximum Gasteiger partial charge on any atom is 0.252 e. The number of hydrogen-bond acceptors (Lipinski definition) is 4. The highest BCUT2D eigenvalue weighted by Crippen LogP contribution is 2.67. The van der Waals surface area contributed by atoms with E-state index in [2.05, 4.69) is 12.2 Å². The first-order valence-corrected chi connectivity index (χ1v) is 12.2. The first-order chi connectivity index (χ1) is 15.2. The van der Waals surface area contributed by atoms with Crippen molar-refractivity contribution in [3.63, 3.8) is 0 Å². The summed E-state index contributed by atoms with van der Waals surface area (Å²) < 4.78 is 0. The minimum Gasteiger partial charge on any atom is -0.393 e. The zero-order valence-corrected chi connectivity index (χ0v) is 19.1. The van der Waals surface area contributed by atoms with Gasteiger partial charge in [-0.05, 0) is 73.3 Å². The fourth-order valence-electron chi connectivity index (χ4n) is 7.99. The molecule has 0 heterocycles. The van der Waals surface area contributed by atoms with Crippen LogP contribution in [0.2, 0.25) is 0 Å². The number of ketones is 1. The Hall–Kier alpha value is -1.98. The number of nitrogens with one attached hydrogen (secondary N) is 1. The summed E-state index contributed by atoms with van der Waals surface area (Å²) in [4.78, 5) is 25.3. The first kappa shape index (κ1) is 21.8. The average Bonchev–Trinajstić information content (AvgIpc) is 3.04. The molecule has 0 aliphatic heterocycles. The Balaban J connectivity index is 1.40. The third-order valence-electron chi connectivity index (χ3n) is 9.72. The van der Waals surface area contributed by atoms with Crippen LogP contribution in [0.1, 0.15) is 64.4 Å². The van der Waals surface area contributed by atoms with Crippen LogP contribution in [0.5, 0.6) is 0 Å². The van der Waals surface area contributed by atoms with Crippen LogP contribution in [-0.2, 0) is 16.1 Å². The lowest BCUT2D eigenvalue weighted by Crippen LogP contribution is -2.63. The molecule has 172 valence electrons. The van der Waals surface area contributed by atoms with Gasteiger partial charge >= 0.3 is 0 Å². The molecule has 6 unspecified atom stereocenters. The van der Waals surface area contributed by atoms with E-state index in [4.69, 9.17) is 0 Å². The lowest BCUT2D eigenvalue weighted by atomic mass is 9.45. The van der Waals surface area contributed by atoms with Crippen molar-refractivity contribution in [2.24, 2.45) is 28.6 Å². The van der Waals surface area contributed by atoms with Gasteiger partial charge in [0, 0.05) is 18.4 Å². The summed E-state index contributed by atoms with van der Waals surface area (Å²) >= 11 is 0. The van der Waals surface area contributed by atoms with E-state index >= 15 is 0 Å². The van der Waals surface area contributed by atoms with E-state index in [1.807, 2.05) is 43.3 Å². The first-order valence-electron chi connectivity index (χ1n) is 12.2. The summed E-state index contributed by atoms with van der Waals surface area (Å²) in [5.41, 5.74) is -0.0897. The van der Waals surface area contributed by atoms with Gasteiger partial charge in [0.25, 0.3) is 5.91 Å². The van der Waals surface area contributed by atoms with Crippen molar-refractivity contribution in [1.82, 2.24) is 5.32 Å². The lowest BCUT2D eigenvalue weighted by Gasteiger charge is -2.60. The summed E-state index contributed by atoms with van der Waals surface area (Å²) in [5, 5.41) is 26.2. The number of carbonyl (C=O) groups excluding carboxylic acids is 2. The molecule has 0 bridgehead atoms. The van der Waals surface area contributed by atoms with Crippen molar-refractivity contribution < 1.29 is 19.8 Å². The SMILES string of the molecule is CC12CCC(=O)C=C1CCC1C2C(O)CC2(C)C1CC[C@]2(O)C(=O)NCc1ccccc1. The smallest absolute Gasteiger partial charge is 0.252 e. The van der Waals surface area contributed by atoms with Gasteiger partial charge in [0.1, 0.15) is 5.60 Å². The third-order valence-corrected chi connectivity index (χ3v) is 9.72. The maximum atomic E-state index is 13.3. The average molecular weight is 438 g/mol. The van der Waals surface area contributed by atoms with Crippen molar-refractivity contribution in [1.29, 1.82) is 0 Å². The molecular formula is C27H35NO4. The highest BCUT2D eigenvalue weighted by atomic mass is 16.3. The molecule has 5 rings (SSSR count). The Morgan fingerprint density at radius 1 is 1.12 bits per heavy atom. The number of allylic oxidation sites excluding steroid dienone is 1. The van der Waals surface area contributed by atoms with Crippen molar-refractivity contribution in [3.8, 4) is 0 Å². The summed E-state index contributed by atoms with van der Waals surface area (Å²) in [6, 6.07) is 9.73. The van der Waals surface area contributed by atoms with Crippen LogP contribution in [0.3, 0.4) is 0 Å². The Morgan fingerprint density at radius 2 is 1.88 bits per heavy atom. The van der Waals surface area contributed by atoms with Gasteiger partial charge < -0.3 is 15.5 Å². The van der Waals surface area contributed by atoms with Gasteiger partial charge in [0.05, 0.1) is 6.10 Å². The van der Waals surface area contributed by atoms with Gasteiger partial charge in [-0.15, -0.1) is 0 Å². The molecule has 3 fully saturated rings. The van der Waals surface area contributed by atoms with Gasteiger partial charge in [0.15, 0.2) is 5.78 Å². The molecule has 4 aliphatic carbocycles. The van der Waals surface area contributed by atoms with E-state index in [-0.39, 0.29) is 34.9 Å². The highest BCUT2D eigenvalue weighted by Gasteiger charge is 2.68. The molecule has 5 heteroatoms. The Morgan fingerprint density at radius 3 is 2.62 bits per heavy atom. The number of carbonyl (C=O) groups is 2. The van der Waals surface area contributed by atoms with Crippen molar-refractivity contribution in [2.75, 3.05) is 0 Å². The molecule has 5 nitrogen and oxygen atoms in total. The number of hydrogen-bond donors (Lipinski definition) is 3. The van der Waals surface area contributed by atoms with Crippen LogP contribution in [0.15, 0.2) is 42.0 Å². The van der Waals surface area contributed by atoms with Crippen LogP contribution < -0.4 is 5.32 Å². The van der Waals surface area contributed by atoms with Crippen LogP contribution in [0.25, 0.3) is 0 Å². The zero-order chi connectivity index (χ0) is 22.7. The second kappa shape index (κ2) is 7.53. The van der Waals surface area contributed by atoms with Gasteiger partial charge in [0.2, 0.25) is 0 Å². The second-order valence-electron chi connectivity index (χ2n) is 11.1. The van der Waals surface area contributed by atoms with E-state index < -0.39 is 17.1 Å². The molecule has 0 spiro atoms. The van der Waals surface area contributed by atoms with Crippen LogP contribution >= 0.6 is 0 Å². The Labute approximate surface area is 190 Å². The van der Waals surface area contributed by atoms with Gasteiger partial charge in [-0.1, -0.05) is 49.8 Å². The molecule has 7 atom stereocenters. The fourth-order valence-corrected chi connectivity index (χ4v) is 7.99.